The van der Waals surface area contributed by atoms with E-state index in [0.29, 0.717) is 6.04 Å². The lowest BCUT2D eigenvalue weighted by atomic mass is 9.92. The second-order valence-electron chi connectivity index (χ2n) is 4.97. The monoisotopic (exact) mass is 234 g/mol. The van der Waals surface area contributed by atoms with Crippen molar-refractivity contribution in [2.75, 3.05) is 6.54 Å². The van der Waals surface area contributed by atoms with Gasteiger partial charge in [-0.3, -0.25) is 4.98 Å². The van der Waals surface area contributed by atoms with Crippen LogP contribution in [-0.4, -0.2) is 11.5 Å². The summed E-state index contributed by atoms with van der Waals surface area (Å²) in [6.07, 6.45) is 7.67. The number of rotatable bonds is 7. The smallest absolute Gasteiger partial charge is 0.0340 e. The van der Waals surface area contributed by atoms with Gasteiger partial charge in [-0.15, -0.1) is 0 Å². The highest BCUT2D eigenvalue weighted by molar-refractivity contribution is 5.25. The van der Waals surface area contributed by atoms with E-state index in [4.69, 9.17) is 0 Å². The molecule has 0 fully saturated rings. The maximum absolute atomic E-state index is 4.26. The van der Waals surface area contributed by atoms with Crippen LogP contribution < -0.4 is 5.32 Å². The second kappa shape index (κ2) is 7.44. The molecule has 1 heterocycles. The summed E-state index contributed by atoms with van der Waals surface area (Å²) < 4.78 is 0. The third-order valence-electron chi connectivity index (χ3n) is 3.33. The van der Waals surface area contributed by atoms with Gasteiger partial charge in [0.2, 0.25) is 0 Å². The third kappa shape index (κ3) is 4.47. The predicted octanol–water partition coefficient (Wildman–Crippen LogP) is 3.87. The van der Waals surface area contributed by atoms with E-state index in [2.05, 4.69) is 44.1 Å². The molecule has 2 nitrogen and oxygen atoms in total. The average molecular weight is 234 g/mol. The molecule has 0 spiro atoms. The first-order valence-corrected chi connectivity index (χ1v) is 6.82. The molecular formula is C15H26N2. The molecule has 2 heteroatoms. The fourth-order valence-electron chi connectivity index (χ4n) is 2.42. The van der Waals surface area contributed by atoms with E-state index in [0.717, 1.165) is 12.5 Å². The molecule has 0 bridgehead atoms. The zero-order chi connectivity index (χ0) is 12.7. The average Bonchev–Trinajstić information content (AvgIpc) is 2.29. The van der Waals surface area contributed by atoms with Gasteiger partial charge in [-0.05, 0) is 43.0 Å². The lowest BCUT2D eigenvalue weighted by molar-refractivity contribution is 0.394. The van der Waals surface area contributed by atoms with Gasteiger partial charge in [0, 0.05) is 18.4 Å². The van der Waals surface area contributed by atoms with Crippen LogP contribution in [0.4, 0.5) is 0 Å². The first-order valence-electron chi connectivity index (χ1n) is 6.82. The molecule has 0 aliphatic carbocycles. The summed E-state index contributed by atoms with van der Waals surface area (Å²) in [7, 11) is 0. The van der Waals surface area contributed by atoms with Crippen LogP contribution in [0, 0.1) is 12.8 Å². The number of hydrogen-bond donors (Lipinski definition) is 1. The highest BCUT2D eigenvalue weighted by Gasteiger charge is 2.15. The zero-order valence-electron chi connectivity index (χ0n) is 11.7. The van der Waals surface area contributed by atoms with Crippen molar-refractivity contribution in [3.63, 3.8) is 0 Å². The summed E-state index contributed by atoms with van der Waals surface area (Å²) in [6.45, 7) is 9.96. The van der Waals surface area contributed by atoms with E-state index in [1.807, 2.05) is 12.4 Å². The van der Waals surface area contributed by atoms with Crippen molar-refractivity contribution in [1.82, 2.24) is 10.3 Å². The molecule has 1 rings (SSSR count). The van der Waals surface area contributed by atoms with Gasteiger partial charge in [0.15, 0.2) is 0 Å². The number of nitrogens with zero attached hydrogens (tertiary/aromatic N) is 1. The van der Waals surface area contributed by atoms with E-state index >= 15 is 0 Å². The molecule has 0 aliphatic rings. The van der Waals surface area contributed by atoms with Gasteiger partial charge < -0.3 is 5.32 Å². The van der Waals surface area contributed by atoms with Gasteiger partial charge >= 0.3 is 0 Å². The first kappa shape index (κ1) is 14.2. The predicted molar refractivity (Wildman–Crippen MR) is 74.1 cm³/mol. The maximum Gasteiger partial charge on any atom is 0.0340 e. The number of nitrogens with one attached hydrogen (secondary N) is 1. The van der Waals surface area contributed by atoms with Crippen molar-refractivity contribution in [2.24, 2.45) is 5.92 Å². The molecular weight excluding hydrogens is 208 g/mol. The first-order chi connectivity index (χ1) is 8.19. The summed E-state index contributed by atoms with van der Waals surface area (Å²) in [4.78, 5) is 4.26. The minimum Gasteiger partial charge on any atom is -0.310 e. The molecule has 1 aromatic rings. The van der Waals surface area contributed by atoms with Crippen LogP contribution in [0.1, 0.15) is 57.2 Å². The van der Waals surface area contributed by atoms with Crippen molar-refractivity contribution in [3.8, 4) is 0 Å². The van der Waals surface area contributed by atoms with Gasteiger partial charge in [-0.25, -0.2) is 0 Å². The Hall–Kier alpha value is -0.890. The van der Waals surface area contributed by atoms with Gasteiger partial charge in [-0.2, -0.15) is 0 Å². The van der Waals surface area contributed by atoms with E-state index < -0.39 is 0 Å². The highest BCUT2D eigenvalue weighted by Crippen LogP contribution is 2.25. The molecule has 0 saturated carbocycles. The van der Waals surface area contributed by atoms with Crippen LogP contribution in [0.25, 0.3) is 0 Å². The Morgan fingerprint density at radius 2 is 2.12 bits per heavy atom. The lowest BCUT2D eigenvalue weighted by Gasteiger charge is -2.23. The summed E-state index contributed by atoms with van der Waals surface area (Å²) >= 11 is 0. The van der Waals surface area contributed by atoms with Gasteiger partial charge in [0.1, 0.15) is 0 Å². The molecule has 0 aromatic carbocycles. The van der Waals surface area contributed by atoms with Crippen LogP contribution in [0.3, 0.4) is 0 Å². The van der Waals surface area contributed by atoms with Crippen LogP contribution in [0.5, 0.6) is 0 Å². The quantitative estimate of drug-likeness (QED) is 0.774. The largest absolute Gasteiger partial charge is 0.310 e. The minimum absolute atomic E-state index is 0.454. The van der Waals surface area contributed by atoms with Gasteiger partial charge in [0.25, 0.3) is 0 Å². The van der Waals surface area contributed by atoms with Crippen LogP contribution in [-0.2, 0) is 0 Å². The molecule has 1 N–H and O–H groups in total. The molecule has 2 atom stereocenters. The third-order valence-corrected chi connectivity index (χ3v) is 3.33. The van der Waals surface area contributed by atoms with E-state index in [-0.39, 0.29) is 0 Å². The fraction of sp³-hybridized carbons (Fsp3) is 0.667. The molecule has 17 heavy (non-hydrogen) atoms. The Labute approximate surface area is 106 Å². The van der Waals surface area contributed by atoms with Crippen molar-refractivity contribution in [2.45, 2.75) is 53.0 Å². The Morgan fingerprint density at radius 3 is 2.71 bits per heavy atom. The zero-order valence-corrected chi connectivity index (χ0v) is 11.7. The van der Waals surface area contributed by atoms with Crippen LogP contribution in [0.15, 0.2) is 18.5 Å². The van der Waals surface area contributed by atoms with Crippen LogP contribution in [0.2, 0.25) is 0 Å². The number of aryl methyl sites for hydroxylation is 1. The van der Waals surface area contributed by atoms with Crippen LogP contribution >= 0.6 is 0 Å². The molecule has 1 aromatic heterocycles. The summed E-state index contributed by atoms with van der Waals surface area (Å²) in [5, 5.41) is 3.59. The maximum atomic E-state index is 4.26. The standard InChI is InChI=1S/C15H26N2/c1-5-7-12(3)10-15(17-6-2)14-11-16-9-8-13(14)4/h8-9,11-12,15,17H,5-7,10H2,1-4H3. The molecule has 96 valence electrons. The van der Waals surface area contributed by atoms with Gasteiger partial charge in [0.05, 0.1) is 0 Å². The minimum atomic E-state index is 0.454. The Balaban J connectivity index is 2.75. The molecule has 0 saturated heterocycles. The Bertz CT molecular complexity index is 322. The summed E-state index contributed by atoms with van der Waals surface area (Å²) in [6, 6.07) is 2.56. The van der Waals surface area contributed by atoms with E-state index in [1.54, 1.807) is 0 Å². The molecule has 2 unspecified atom stereocenters. The SMILES string of the molecule is CCCC(C)CC(NCC)c1cnccc1C. The fourth-order valence-corrected chi connectivity index (χ4v) is 2.42. The van der Waals surface area contributed by atoms with Gasteiger partial charge in [-0.1, -0.05) is 33.6 Å². The molecule has 0 aliphatic heterocycles. The summed E-state index contributed by atoms with van der Waals surface area (Å²) in [5.74, 6) is 0.767. The molecule has 0 radical (unpaired) electrons. The number of pyridine rings is 1. The van der Waals surface area contributed by atoms with Crippen molar-refractivity contribution in [1.29, 1.82) is 0 Å². The lowest BCUT2D eigenvalue weighted by Crippen LogP contribution is -2.23. The highest BCUT2D eigenvalue weighted by atomic mass is 14.9. The van der Waals surface area contributed by atoms with Crippen molar-refractivity contribution in [3.05, 3.63) is 29.6 Å². The van der Waals surface area contributed by atoms with E-state index in [1.165, 1.54) is 30.4 Å². The summed E-state index contributed by atoms with van der Waals surface area (Å²) in [5.41, 5.74) is 2.70. The van der Waals surface area contributed by atoms with Crippen molar-refractivity contribution < 1.29 is 0 Å². The normalized spacial score (nSPS) is 14.6. The Morgan fingerprint density at radius 1 is 1.35 bits per heavy atom. The second-order valence-corrected chi connectivity index (χ2v) is 4.97. The number of hydrogen-bond acceptors (Lipinski definition) is 2. The Kier molecular flexibility index (Phi) is 6.20. The van der Waals surface area contributed by atoms with Crippen molar-refractivity contribution >= 4 is 0 Å². The van der Waals surface area contributed by atoms with E-state index in [9.17, 15) is 0 Å². The topological polar surface area (TPSA) is 24.9 Å². The number of aromatic nitrogens is 1. The molecule has 0 amide bonds.